The normalized spacial score (nSPS) is 15.4. The monoisotopic (exact) mass is 236 g/mol. The van der Waals surface area contributed by atoms with Gasteiger partial charge < -0.3 is 15.0 Å². The third-order valence-corrected chi connectivity index (χ3v) is 3.53. The highest BCUT2D eigenvalue weighted by atomic mass is 35.5. The number of fused-ring (bicyclic) bond motifs is 3. The molecule has 0 fully saturated rings. The van der Waals surface area contributed by atoms with Gasteiger partial charge in [0.15, 0.2) is 0 Å². The number of hydrogen-bond acceptors (Lipinski definition) is 2. The molecule has 3 rings (SSSR count). The van der Waals surface area contributed by atoms with Gasteiger partial charge in [-0.15, -0.1) is 0 Å². The van der Waals surface area contributed by atoms with Crippen molar-refractivity contribution >= 4 is 22.5 Å². The molecule has 0 amide bonds. The lowest BCUT2D eigenvalue weighted by Gasteiger charge is -2.14. The summed E-state index contributed by atoms with van der Waals surface area (Å²) in [5.74, 6) is 0.263. The quantitative estimate of drug-likeness (QED) is 0.736. The maximum absolute atomic E-state index is 9.96. The molecule has 1 aromatic heterocycles. The highest BCUT2D eigenvalue weighted by Crippen LogP contribution is 2.35. The first-order valence-corrected chi connectivity index (χ1v) is 5.75. The fourth-order valence-electron chi connectivity index (χ4n) is 2.60. The van der Waals surface area contributed by atoms with Gasteiger partial charge in [0, 0.05) is 48.7 Å². The van der Waals surface area contributed by atoms with Crippen molar-refractivity contribution in [1.29, 1.82) is 0 Å². The number of phenols is 1. The predicted molar refractivity (Wildman–Crippen MR) is 65.0 cm³/mol. The molecule has 0 atom stereocenters. The third-order valence-electron chi connectivity index (χ3n) is 3.31. The van der Waals surface area contributed by atoms with Gasteiger partial charge in [0.25, 0.3) is 0 Å². The summed E-state index contributed by atoms with van der Waals surface area (Å²) in [6.45, 7) is 1.85. The molecule has 1 aromatic carbocycles. The second kappa shape index (κ2) is 3.40. The van der Waals surface area contributed by atoms with Crippen LogP contribution in [0.25, 0.3) is 10.9 Å². The number of aromatic hydroxyl groups is 1. The van der Waals surface area contributed by atoms with Gasteiger partial charge >= 0.3 is 0 Å². The lowest BCUT2D eigenvalue weighted by Crippen LogP contribution is -2.24. The minimum atomic E-state index is 0.263. The zero-order valence-electron chi connectivity index (χ0n) is 9.05. The van der Waals surface area contributed by atoms with Crippen LogP contribution >= 0.6 is 11.6 Å². The largest absolute Gasteiger partial charge is 0.506 e. The highest BCUT2D eigenvalue weighted by Gasteiger charge is 2.20. The molecule has 0 saturated carbocycles. The minimum Gasteiger partial charge on any atom is -0.506 e. The molecule has 1 aliphatic heterocycles. The summed E-state index contributed by atoms with van der Waals surface area (Å²) in [5.41, 5.74) is 3.45. The second-order valence-corrected chi connectivity index (χ2v) is 4.67. The number of nitrogens with zero attached hydrogens (tertiary/aromatic N) is 1. The van der Waals surface area contributed by atoms with Crippen molar-refractivity contribution in [3.05, 3.63) is 28.4 Å². The maximum Gasteiger partial charge on any atom is 0.141 e. The van der Waals surface area contributed by atoms with E-state index in [0.29, 0.717) is 5.02 Å². The number of phenolic OH excluding ortho intramolecular Hbond substituents is 1. The standard InChI is InChI=1S/C12H13ClN2O/c1-15-10-2-3-14-6-9(10)8-4-7(13)5-11(16)12(8)15/h4-5,14,16H,2-3,6H2,1H3. The number of aryl methyl sites for hydroxylation is 1. The molecule has 3 nitrogen and oxygen atoms in total. The van der Waals surface area contributed by atoms with Crippen LogP contribution < -0.4 is 5.32 Å². The Morgan fingerprint density at radius 1 is 1.44 bits per heavy atom. The van der Waals surface area contributed by atoms with E-state index in [4.69, 9.17) is 11.6 Å². The lowest BCUT2D eigenvalue weighted by molar-refractivity contribution is 0.478. The Balaban J connectivity index is 2.44. The van der Waals surface area contributed by atoms with E-state index in [-0.39, 0.29) is 5.75 Å². The van der Waals surface area contributed by atoms with Crippen LogP contribution in [0.5, 0.6) is 5.75 Å². The first kappa shape index (κ1) is 10.00. The van der Waals surface area contributed by atoms with Crippen LogP contribution in [0.3, 0.4) is 0 Å². The van der Waals surface area contributed by atoms with E-state index >= 15 is 0 Å². The first-order chi connectivity index (χ1) is 7.68. The first-order valence-electron chi connectivity index (χ1n) is 5.38. The second-order valence-electron chi connectivity index (χ2n) is 4.23. The van der Waals surface area contributed by atoms with Crippen molar-refractivity contribution in [3.63, 3.8) is 0 Å². The number of nitrogens with one attached hydrogen (secondary N) is 1. The van der Waals surface area contributed by atoms with Gasteiger partial charge in [-0.25, -0.2) is 0 Å². The molecular weight excluding hydrogens is 224 g/mol. The maximum atomic E-state index is 9.96. The Kier molecular flexibility index (Phi) is 2.13. The van der Waals surface area contributed by atoms with E-state index in [9.17, 15) is 5.11 Å². The van der Waals surface area contributed by atoms with Gasteiger partial charge in [-0.2, -0.15) is 0 Å². The van der Waals surface area contributed by atoms with E-state index in [2.05, 4.69) is 9.88 Å². The Labute approximate surface area is 98.6 Å². The number of halogens is 1. The molecule has 2 N–H and O–H groups in total. The molecule has 0 spiro atoms. The van der Waals surface area contributed by atoms with Gasteiger partial charge in [-0.05, 0) is 11.6 Å². The number of rotatable bonds is 0. The van der Waals surface area contributed by atoms with Crippen molar-refractivity contribution in [1.82, 2.24) is 9.88 Å². The van der Waals surface area contributed by atoms with Crippen LogP contribution in [-0.4, -0.2) is 16.2 Å². The topological polar surface area (TPSA) is 37.2 Å². The summed E-state index contributed by atoms with van der Waals surface area (Å²) in [6.07, 6.45) is 0.998. The molecule has 2 aromatic rings. The SMILES string of the molecule is Cn1c2c(c3cc(Cl)cc(O)c31)CNCC2. The molecule has 0 unspecified atom stereocenters. The van der Waals surface area contributed by atoms with Gasteiger partial charge in [-0.1, -0.05) is 11.6 Å². The Bertz CT molecular complexity index is 574. The summed E-state index contributed by atoms with van der Waals surface area (Å²) in [5, 5.41) is 15.0. The smallest absolute Gasteiger partial charge is 0.141 e. The highest BCUT2D eigenvalue weighted by molar-refractivity contribution is 6.31. The Hall–Kier alpha value is -1.19. The molecule has 2 heterocycles. The lowest BCUT2D eigenvalue weighted by atomic mass is 10.1. The van der Waals surface area contributed by atoms with E-state index in [1.165, 1.54) is 11.3 Å². The predicted octanol–water partition coefficient (Wildman–Crippen LogP) is 2.18. The summed E-state index contributed by atoms with van der Waals surface area (Å²) in [7, 11) is 2.00. The van der Waals surface area contributed by atoms with Crippen molar-refractivity contribution in [2.24, 2.45) is 7.05 Å². The average molecular weight is 237 g/mol. The summed E-state index contributed by atoms with van der Waals surface area (Å²) in [6, 6.07) is 3.53. The zero-order valence-corrected chi connectivity index (χ0v) is 9.80. The molecule has 0 radical (unpaired) electrons. The minimum absolute atomic E-state index is 0.263. The van der Waals surface area contributed by atoms with Crippen LogP contribution in [0.2, 0.25) is 5.02 Å². The van der Waals surface area contributed by atoms with Crippen LogP contribution in [-0.2, 0) is 20.0 Å². The molecule has 84 valence electrons. The molecule has 0 saturated heterocycles. The molecule has 1 aliphatic rings. The van der Waals surface area contributed by atoms with E-state index in [1.807, 2.05) is 13.1 Å². The van der Waals surface area contributed by atoms with Crippen LogP contribution in [0.1, 0.15) is 11.3 Å². The van der Waals surface area contributed by atoms with Crippen molar-refractivity contribution < 1.29 is 5.11 Å². The van der Waals surface area contributed by atoms with Gasteiger partial charge in [-0.3, -0.25) is 0 Å². The van der Waals surface area contributed by atoms with Gasteiger partial charge in [0.05, 0.1) is 5.52 Å². The van der Waals surface area contributed by atoms with Crippen molar-refractivity contribution in [2.75, 3.05) is 6.54 Å². The van der Waals surface area contributed by atoms with Crippen LogP contribution in [0.15, 0.2) is 12.1 Å². The molecule has 16 heavy (non-hydrogen) atoms. The molecular formula is C12H13ClN2O. The number of aromatic nitrogens is 1. The zero-order chi connectivity index (χ0) is 11.3. The number of benzene rings is 1. The van der Waals surface area contributed by atoms with Gasteiger partial charge in [0.2, 0.25) is 0 Å². The van der Waals surface area contributed by atoms with Crippen LogP contribution in [0, 0.1) is 0 Å². The summed E-state index contributed by atoms with van der Waals surface area (Å²) < 4.78 is 2.08. The van der Waals surface area contributed by atoms with Crippen molar-refractivity contribution in [2.45, 2.75) is 13.0 Å². The third kappa shape index (κ3) is 1.25. The van der Waals surface area contributed by atoms with Crippen LogP contribution in [0.4, 0.5) is 0 Å². The summed E-state index contributed by atoms with van der Waals surface area (Å²) >= 11 is 5.99. The fraction of sp³-hybridized carbons (Fsp3) is 0.333. The molecule has 4 heteroatoms. The molecule has 0 aliphatic carbocycles. The van der Waals surface area contributed by atoms with Crippen molar-refractivity contribution in [3.8, 4) is 5.75 Å². The summed E-state index contributed by atoms with van der Waals surface area (Å²) in [4.78, 5) is 0. The van der Waals surface area contributed by atoms with Gasteiger partial charge in [0.1, 0.15) is 5.75 Å². The Morgan fingerprint density at radius 3 is 3.06 bits per heavy atom. The van der Waals surface area contributed by atoms with E-state index in [1.54, 1.807) is 6.07 Å². The molecule has 0 bridgehead atoms. The average Bonchev–Trinajstić information content (AvgIpc) is 2.54. The number of hydrogen-bond donors (Lipinski definition) is 2. The fourth-order valence-corrected chi connectivity index (χ4v) is 2.81. The van der Waals surface area contributed by atoms with E-state index in [0.717, 1.165) is 30.4 Å². The van der Waals surface area contributed by atoms with E-state index < -0.39 is 0 Å². The Morgan fingerprint density at radius 2 is 2.25 bits per heavy atom.